The van der Waals surface area contributed by atoms with Crippen LogP contribution < -0.4 is 20.7 Å². The van der Waals surface area contributed by atoms with E-state index in [1.807, 2.05) is 0 Å². The smallest absolute Gasteiger partial charge is 0.254 e. The molecule has 0 bridgehead atoms. The molecule has 1 aliphatic rings. The summed E-state index contributed by atoms with van der Waals surface area (Å²) in [7, 11) is 1.48. The molecule has 1 aliphatic heterocycles. The van der Waals surface area contributed by atoms with Gasteiger partial charge in [0.05, 0.1) is 58.7 Å². The van der Waals surface area contributed by atoms with E-state index in [-0.39, 0.29) is 28.5 Å². The van der Waals surface area contributed by atoms with Crippen molar-refractivity contribution in [3.05, 3.63) is 99.3 Å². The van der Waals surface area contributed by atoms with Crippen molar-refractivity contribution >= 4 is 46.6 Å². The van der Waals surface area contributed by atoms with Crippen LogP contribution >= 0.6 is 23.4 Å². The Morgan fingerprint density at radius 3 is 2.66 bits per heavy atom. The first-order valence-corrected chi connectivity index (χ1v) is 12.7. The molecule has 4 rings (SSSR count). The number of carbonyl (C=O) groups excluding carboxylic acids is 2. The van der Waals surface area contributed by atoms with Gasteiger partial charge in [0.1, 0.15) is 17.3 Å². The number of allylic oxidation sites excluding steroid dienone is 2. The number of hydrogen-bond donors (Lipinski definition) is 3. The number of benzene rings is 2. The highest BCUT2D eigenvalue weighted by molar-refractivity contribution is 8.03. The average molecular weight is 553 g/mol. The van der Waals surface area contributed by atoms with Crippen LogP contribution in [0.4, 0.5) is 15.8 Å². The van der Waals surface area contributed by atoms with Gasteiger partial charge in [0.2, 0.25) is 5.91 Å². The second-order valence-electron chi connectivity index (χ2n) is 8.08. The van der Waals surface area contributed by atoms with Crippen LogP contribution in [0.1, 0.15) is 18.6 Å². The first kappa shape index (κ1) is 26.9. The largest absolute Gasteiger partial charge is 0.495 e. The van der Waals surface area contributed by atoms with E-state index in [4.69, 9.17) is 20.8 Å². The highest BCUT2D eigenvalue weighted by Gasteiger charge is 2.36. The lowest BCUT2D eigenvalue weighted by Gasteiger charge is -2.28. The van der Waals surface area contributed by atoms with E-state index in [0.29, 0.717) is 32.9 Å². The van der Waals surface area contributed by atoms with Crippen molar-refractivity contribution in [2.45, 2.75) is 12.8 Å². The number of dihydropyridines is 1. The van der Waals surface area contributed by atoms with E-state index in [1.54, 1.807) is 43.3 Å². The van der Waals surface area contributed by atoms with Crippen LogP contribution in [-0.2, 0) is 9.59 Å². The summed E-state index contributed by atoms with van der Waals surface area (Å²) in [5.41, 5.74) is 1.22. The monoisotopic (exact) mass is 552 g/mol. The number of ether oxygens (including phenoxy) is 1. The lowest BCUT2D eigenvalue weighted by Crippen LogP contribution is -2.31. The molecule has 2 heterocycles. The van der Waals surface area contributed by atoms with E-state index < -0.39 is 17.6 Å². The summed E-state index contributed by atoms with van der Waals surface area (Å²) in [6, 6.07) is 16.1. The first-order chi connectivity index (χ1) is 18.3. The molecular weight excluding hydrogens is 531 g/mol. The van der Waals surface area contributed by atoms with E-state index >= 15 is 0 Å². The van der Waals surface area contributed by atoms with Crippen molar-refractivity contribution in [2.75, 3.05) is 23.5 Å². The van der Waals surface area contributed by atoms with E-state index in [2.05, 4.69) is 22.0 Å². The molecule has 0 spiro atoms. The second-order valence-corrected chi connectivity index (χ2v) is 9.50. The van der Waals surface area contributed by atoms with Crippen LogP contribution in [0, 0.1) is 17.1 Å². The third kappa shape index (κ3) is 5.85. The fraction of sp³-hybridized carbons (Fsp3) is 0.148. The molecule has 1 aromatic heterocycles. The number of hydrogen-bond acceptors (Lipinski definition) is 7. The van der Waals surface area contributed by atoms with Crippen LogP contribution in [0.15, 0.2) is 87.1 Å². The molecule has 11 heteroatoms. The van der Waals surface area contributed by atoms with Gasteiger partial charge in [-0.15, -0.1) is 0 Å². The molecule has 0 saturated heterocycles. The molecule has 0 fully saturated rings. The zero-order chi connectivity index (χ0) is 27.2. The molecule has 0 radical (unpaired) electrons. The van der Waals surface area contributed by atoms with E-state index in [9.17, 15) is 19.2 Å². The lowest BCUT2D eigenvalue weighted by molar-refractivity contribution is -0.114. The van der Waals surface area contributed by atoms with Crippen molar-refractivity contribution in [3.63, 3.8) is 0 Å². The number of rotatable bonds is 8. The number of thioether (sulfide) groups is 1. The Bertz CT molecular complexity index is 1480. The van der Waals surface area contributed by atoms with Gasteiger partial charge < -0.3 is 25.1 Å². The van der Waals surface area contributed by atoms with Gasteiger partial charge in [-0.3, -0.25) is 9.59 Å². The van der Waals surface area contributed by atoms with Gasteiger partial charge in [0.25, 0.3) is 5.91 Å². The number of anilines is 2. The predicted molar refractivity (Wildman–Crippen MR) is 144 cm³/mol. The lowest BCUT2D eigenvalue weighted by atomic mass is 9.85. The van der Waals surface area contributed by atoms with E-state index in [1.165, 1.54) is 31.6 Å². The maximum Gasteiger partial charge on any atom is 0.254 e. The third-order valence-electron chi connectivity index (χ3n) is 5.63. The molecule has 2 amide bonds. The maximum atomic E-state index is 14.2. The molecule has 2 aromatic carbocycles. The topological polar surface area (TPSA) is 116 Å². The summed E-state index contributed by atoms with van der Waals surface area (Å²) in [6.07, 6.45) is 1.44. The minimum Gasteiger partial charge on any atom is -0.495 e. The van der Waals surface area contributed by atoms with Crippen LogP contribution in [0.5, 0.6) is 5.75 Å². The Labute approximate surface area is 227 Å². The number of nitrogens with zero attached hydrogens (tertiary/aromatic N) is 1. The van der Waals surface area contributed by atoms with Gasteiger partial charge in [0.15, 0.2) is 0 Å². The molecule has 0 saturated carbocycles. The van der Waals surface area contributed by atoms with Crippen molar-refractivity contribution in [1.82, 2.24) is 5.32 Å². The second kappa shape index (κ2) is 11.9. The number of carbonyl (C=O) groups is 2. The highest BCUT2D eigenvalue weighted by atomic mass is 35.5. The maximum absolute atomic E-state index is 14.2. The normalized spacial score (nSPS) is 15.0. The van der Waals surface area contributed by atoms with Gasteiger partial charge in [-0.2, -0.15) is 5.26 Å². The van der Waals surface area contributed by atoms with Crippen LogP contribution in [0.3, 0.4) is 0 Å². The van der Waals surface area contributed by atoms with Crippen LogP contribution in [-0.4, -0.2) is 24.7 Å². The van der Waals surface area contributed by atoms with Crippen molar-refractivity contribution in [3.8, 4) is 11.8 Å². The van der Waals surface area contributed by atoms with Crippen molar-refractivity contribution in [1.29, 1.82) is 5.26 Å². The quantitative estimate of drug-likeness (QED) is 0.324. The van der Waals surface area contributed by atoms with Gasteiger partial charge in [-0.1, -0.05) is 35.5 Å². The summed E-state index contributed by atoms with van der Waals surface area (Å²) in [5.74, 6) is -1.67. The number of methoxy groups -OCH3 is 1. The third-order valence-corrected chi connectivity index (χ3v) is 6.88. The average Bonchev–Trinajstić information content (AvgIpc) is 3.43. The Kier molecular flexibility index (Phi) is 8.41. The molecule has 0 unspecified atom stereocenters. The summed E-state index contributed by atoms with van der Waals surface area (Å²) in [5, 5.41) is 19.3. The van der Waals surface area contributed by atoms with Gasteiger partial charge in [-0.05, 0) is 49.4 Å². The molecular formula is C27H22ClFN4O4S. The Balaban J connectivity index is 1.59. The van der Waals surface area contributed by atoms with E-state index in [0.717, 1.165) is 11.8 Å². The fourth-order valence-electron chi connectivity index (χ4n) is 3.92. The summed E-state index contributed by atoms with van der Waals surface area (Å²) < 4.78 is 25.1. The molecule has 194 valence electrons. The highest BCUT2D eigenvalue weighted by Crippen LogP contribution is 2.41. The summed E-state index contributed by atoms with van der Waals surface area (Å²) in [4.78, 5) is 26.1. The molecule has 1 atom stereocenters. The molecule has 0 aliphatic carbocycles. The Hall–Kier alpha value is -4.20. The molecule has 3 N–H and O–H groups in total. The van der Waals surface area contributed by atoms with Gasteiger partial charge >= 0.3 is 0 Å². The zero-order valence-corrected chi connectivity index (χ0v) is 21.9. The van der Waals surface area contributed by atoms with Crippen molar-refractivity contribution < 1.29 is 23.1 Å². The molecule has 8 nitrogen and oxygen atoms in total. The molecule has 3 aromatic rings. The number of nitrogens with one attached hydrogen (secondary N) is 3. The summed E-state index contributed by atoms with van der Waals surface area (Å²) in [6.45, 7) is 1.66. The van der Waals surface area contributed by atoms with Crippen molar-refractivity contribution in [2.24, 2.45) is 0 Å². The zero-order valence-electron chi connectivity index (χ0n) is 20.3. The van der Waals surface area contributed by atoms with Crippen LogP contribution in [0.25, 0.3) is 0 Å². The van der Waals surface area contributed by atoms with Crippen LogP contribution in [0.2, 0.25) is 5.02 Å². The fourth-order valence-corrected chi connectivity index (χ4v) is 4.99. The number of furan rings is 1. The summed E-state index contributed by atoms with van der Waals surface area (Å²) >= 11 is 7.13. The minimum absolute atomic E-state index is 0.00627. The molecule has 38 heavy (non-hydrogen) atoms. The number of para-hydroxylation sites is 1. The minimum atomic E-state index is -0.874. The number of halogens is 2. The number of nitriles is 1. The Morgan fingerprint density at radius 1 is 1.18 bits per heavy atom. The van der Waals surface area contributed by atoms with Gasteiger partial charge in [0, 0.05) is 10.7 Å². The predicted octanol–water partition coefficient (Wildman–Crippen LogP) is 5.79. The number of amides is 2. The first-order valence-electron chi connectivity index (χ1n) is 11.3. The standard InChI is InChI=1S/C27H22ClFN4O4S/c1-15-24(26(35)33-19-7-4-3-6-18(19)29)25(22-8-5-11-37-22)17(13-30)27(31-15)38-14-23(34)32-20-12-16(28)9-10-21(20)36-2/h3-12,25,31H,14H2,1-2H3,(H,32,34)(H,33,35)/t25-/m1/s1. The Morgan fingerprint density at radius 2 is 1.97 bits per heavy atom. The SMILES string of the molecule is COc1ccc(Cl)cc1NC(=O)CSC1=C(C#N)[C@H](c2ccco2)C(C(=O)Nc2ccccc2F)=C(C)N1. The van der Waals surface area contributed by atoms with Gasteiger partial charge in [-0.25, -0.2) is 4.39 Å².